The van der Waals surface area contributed by atoms with Crippen molar-refractivity contribution >= 4 is 65.8 Å². The molecule has 0 radical (unpaired) electrons. The van der Waals surface area contributed by atoms with Gasteiger partial charge >= 0.3 is 29.6 Å². The Hall–Kier alpha value is -3.67. The van der Waals surface area contributed by atoms with Crippen molar-refractivity contribution in [3.05, 3.63) is 91.0 Å². The topological polar surface area (TPSA) is 159 Å². The Bertz CT molecular complexity index is 1800. The summed E-state index contributed by atoms with van der Waals surface area (Å²) >= 11 is 0. The van der Waals surface area contributed by atoms with Crippen molar-refractivity contribution in [2.75, 3.05) is 11.5 Å². The summed E-state index contributed by atoms with van der Waals surface area (Å²) in [5, 5.41) is 19.9. The smallest absolute Gasteiger partial charge is 0.744 e. The molecule has 0 unspecified atom stereocenters. The second kappa shape index (κ2) is 10.8. The van der Waals surface area contributed by atoms with Gasteiger partial charge in [0.05, 0.1) is 27.6 Å². The van der Waals surface area contributed by atoms with Crippen LogP contribution in [0.2, 0.25) is 0 Å². The number of azo groups is 2. The zero-order valence-corrected chi connectivity index (χ0v) is 22.6. The Balaban J connectivity index is 0.00000320. The molecule has 0 spiro atoms. The first-order valence-corrected chi connectivity index (χ1v) is 12.2. The molecule has 0 aliphatic heterocycles. The first-order chi connectivity index (χ1) is 17.3. The van der Waals surface area contributed by atoms with Gasteiger partial charge < -0.3 is 16.0 Å². The van der Waals surface area contributed by atoms with E-state index in [1.165, 1.54) is 18.2 Å². The number of nitrogens with zero attached hydrogens (tertiary/aromatic N) is 4. The summed E-state index contributed by atoms with van der Waals surface area (Å²) in [6.07, 6.45) is 0. The predicted octanol–water partition coefficient (Wildman–Crippen LogP) is 3.90. The van der Waals surface area contributed by atoms with E-state index in [4.69, 9.17) is 11.5 Å². The van der Waals surface area contributed by atoms with Crippen LogP contribution in [-0.4, -0.2) is 13.0 Å². The van der Waals surface area contributed by atoms with Crippen LogP contribution in [0.15, 0.2) is 116 Å². The van der Waals surface area contributed by atoms with Crippen molar-refractivity contribution in [1.29, 1.82) is 0 Å². The summed E-state index contributed by atoms with van der Waals surface area (Å²) in [4.78, 5) is -0.319. The van der Waals surface area contributed by atoms with E-state index in [9.17, 15) is 13.0 Å². The zero-order chi connectivity index (χ0) is 25.3. The summed E-state index contributed by atoms with van der Waals surface area (Å²) in [7, 11) is -4.65. The number of nitrogens with two attached hydrogens (primary N) is 2. The fourth-order valence-corrected chi connectivity index (χ4v) is 4.54. The third-order valence-corrected chi connectivity index (χ3v) is 6.50. The number of anilines is 2. The summed E-state index contributed by atoms with van der Waals surface area (Å²) in [5.41, 5.74) is 14.5. The van der Waals surface area contributed by atoms with Crippen LogP contribution >= 0.6 is 0 Å². The quantitative estimate of drug-likeness (QED) is 0.156. The molecular weight excluding hydrogens is 499 g/mol. The molecule has 5 rings (SSSR count). The van der Waals surface area contributed by atoms with Gasteiger partial charge in [-0.2, -0.15) is 0 Å². The number of fused-ring (bicyclic) bond motifs is 2. The van der Waals surface area contributed by atoms with E-state index >= 15 is 0 Å². The molecule has 0 aromatic heterocycles. The van der Waals surface area contributed by atoms with Gasteiger partial charge in [0, 0.05) is 16.2 Å². The standard InChI is InChI=1S/C26H20N6O3S.Na/c27-20-14-21(28)25(15-24(20)31-29-22-11-5-7-16-6-1-2-8-17(16)22)32-30-23-12-13-26(36(33,34)35)19-10-4-3-9-18(19)23;/h1-15H,27-28H2,(H,33,34,35);/q;+1/p-1. The van der Waals surface area contributed by atoms with Crippen LogP contribution < -0.4 is 41.0 Å². The van der Waals surface area contributed by atoms with Crippen molar-refractivity contribution in [3.8, 4) is 0 Å². The summed E-state index contributed by atoms with van der Waals surface area (Å²) in [6.45, 7) is 0. The third-order valence-electron chi connectivity index (χ3n) is 5.60. The molecule has 0 saturated carbocycles. The van der Waals surface area contributed by atoms with Crippen LogP contribution in [0.3, 0.4) is 0 Å². The Labute approximate surface area is 235 Å². The summed E-state index contributed by atoms with van der Waals surface area (Å²) in [5.74, 6) is 0. The van der Waals surface area contributed by atoms with Gasteiger partial charge in [-0.15, -0.1) is 20.5 Å². The van der Waals surface area contributed by atoms with Crippen molar-refractivity contribution in [2.45, 2.75) is 4.90 Å². The molecule has 0 heterocycles. The molecular formula is C26H19N6NaO3S. The normalized spacial score (nSPS) is 11.9. The minimum atomic E-state index is -4.65. The van der Waals surface area contributed by atoms with Crippen LogP contribution in [0.25, 0.3) is 21.5 Å². The van der Waals surface area contributed by atoms with E-state index in [-0.39, 0.29) is 45.5 Å². The maximum absolute atomic E-state index is 11.6. The molecule has 0 aliphatic carbocycles. The van der Waals surface area contributed by atoms with Crippen LogP contribution in [0.4, 0.5) is 34.1 Å². The average Bonchev–Trinajstić information content (AvgIpc) is 2.86. The Morgan fingerprint density at radius 2 is 1.08 bits per heavy atom. The van der Waals surface area contributed by atoms with Gasteiger partial charge in [0.1, 0.15) is 21.5 Å². The molecule has 5 aromatic carbocycles. The minimum Gasteiger partial charge on any atom is -0.744 e. The second-order valence-electron chi connectivity index (χ2n) is 7.95. The maximum atomic E-state index is 11.6. The van der Waals surface area contributed by atoms with Crippen molar-refractivity contribution in [1.82, 2.24) is 0 Å². The molecule has 5 aromatic rings. The van der Waals surface area contributed by atoms with Gasteiger partial charge in [-0.25, -0.2) is 8.42 Å². The van der Waals surface area contributed by atoms with Gasteiger partial charge in [0.15, 0.2) is 0 Å². The molecule has 4 N–H and O–H groups in total. The average molecular weight is 519 g/mol. The van der Waals surface area contributed by atoms with Crippen molar-refractivity contribution < 1.29 is 42.5 Å². The van der Waals surface area contributed by atoms with Gasteiger partial charge in [-0.3, -0.25) is 0 Å². The number of hydrogen-bond acceptors (Lipinski definition) is 9. The maximum Gasteiger partial charge on any atom is 1.00 e. The molecule has 0 saturated heterocycles. The van der Waals surface area contributed by atoms with E-state index < -0.39 is 10.1 Å². The van der Waals surface area contributed by atoms with Crippen LogP contribution in [0, 0.1) is 0 Å². The molecule has 9 nitrogen and oxygen atoms in total. The third kappa shape index (κ3) is 5.53. The molecule has 0 amide bonds. The first-order valence-electron chi connectivity index (χ1n) is 10.8. The molecule has 178 valence electrons. The van der Waals surface area contributed by atoms with Crippen molar-refractivity contribution in [3.63, 3.8) is 0 Å². The van der Waals surface area contributed by atoms with E-state index in [0.717, 1.165) is 10.8 Å². The Kier molecular flexibility index (Phi) is 7.67. The van der Waals surface area contributed by atoms with Gasteiger partial charge in [0.2, 0.25) is 0 Å². The SMILES string of the molecule is Nc1cc(N)c(N=Nc2ccc(S(=O)(=O)[O-])c3ccccc23)cc1N=Nc1cccc2ccccc12.[Na+]. The van der Waals surface area contributed by atoms with E-state index in [1.54, 1.807) is 30.3 Å². The minimum absolute atomic E-state index is 0. The van der Waals surface area contributed by atoms with Crippen molar-refractivity contribution in [2.24, 2.45) is 20.5 Å². The van der Waals surface area contributed by atoms with Crippen LogP contribution in [0.1, 0.15) is 0 Å². The van der Waals surface area contributed by atoms with E-state index in [2.05, 4.69) is 20.5 Å². The molecule has 37 heavy (non-hydrogen) atoms. The van der Waals surface area contributed by atoms with E-state index in [1.807, 2.05) is 42.5 Å². The Morgan fingerprint density at radius 3 is 1.73 bits per heavy atom. The Morgan fingerprint density at radius 1 is 0.568 bits per heavy atom. The summed E-state index contributed by atoms with van der Waals surface area (Å²) in [6, 6.07) is 25.9. The molecule has 0 fully saturated rings. The van der Waals surface area contributed by atoms with Crippen LogP contribution in [-0.2, 0) is 10.1 Å². The predicted molar refractivity (Wildman–Crippen MR) is 139 cm³/mol. The number of hydrogen-bond donors (Lipinski definition) is 2. The first kappa shape index (κ1) is 26.4. The number of nitrogen functional groups attached to an aromatic ring is 2. The van der Waals surface area contributed by atoms with Crippen LogP contribution in [0.5, 0.6) is 0 Å². The fraction of sp³-hybridized carbons (Fsp3) is 0. The monoisotopic (exact) mass is 518 g/mol. The molecule has 0 aliphatic rings. The van der Waals surface area contributed by atoms with Gasteiger partial charge in [-0.05, 0) is 35.7 Å². The fourth-order valence-electron chi connectivity index (χ4n) is 3.86. The molecule has 0 bridgehead atoms. The molecule has 11 heteroatoms. The zero-order valence-electron chi connectivity index (χ0n) is 19.7. The largest absolute Gasteiger partial charge is 1.00 e. The summed E-state index contributed by atoms with van der Waals surface area (Å²) < 4.78 is 34.9. The van der Waals surface area contributed by atoms with E-state index in [0.29, 0.717) is 33.8 Å². The molecule has 0 atom stereocenters. The number of rotatable bonds is 5. The van der Waals surface area contributed by atoms with Gasteiger partial charge in [-0.1, -0.05) is 60.7 Å². The second-order valence-corrected chi connectivity index (χ2v) is 9.30. The van der Waals surface area contributed by atoms with Gasteiger partial charge in [0.25, 0.3) is 0 Å². The number of benzene rings is 5.